The van der Waals surface area contributed by atoms with Gasteiger partial charge in [0.1, 0.15) is 11.3 Å². The van der Waals surface area contributed by atoms with Gasteiger partial charge in [-0.2, -0.15) is 0 Å². The summed E-state index contributed by atoms with van der Waals surface area (Å²) in [6.45, 7) is 1.74. The lowest BCUT2D eigenvalue weighted by molar-refractivity contribution is 0.102. The van der Waals surface area contributed by atoms with Gasteiger partial charge in [-0.15, -0.1) is 0 Å². The maximum absolute atomic E-state index is 12.4. The summed E-state index contributed by atoms with van der Waals surface area (Å²) in [5.74, 6) is -0.139. The molecule has 1 amide bonds. The van der Waals surface area contributed by atoms with E-state index < -0.39 is 0 Å². The normalized spacial score (nSPS) is 10.5. The van der Waals surface area contributed by atoms with Gasteiger partial charge in [0, 0.05) is 23.6 Å². The molecule has 0 radical (unpaired) electrons. The Hall–Kier alpha value is -2.95. The third kappa shape index (κ3) is 2.41. The van der Waals surface area contributed by atoms with Crippen LogP contribution < -0.4 is 5.32 Å². The highest BCUT2D eigenvalue weighted by atomic mass is 16.3. The van der Waals surface area contributed by atoms with Crippen molar-refractivity contribution in [2.45, 2.75) is 6.92 Å². The Balaban J connectivity index is 2.00. The summed E-state index contributed by atoms with van der Waals surface area (Å²) in [6.07, 6.45) is 3.14. The van der Waals surface area contributed by atoms with Crippen molar-refractivity contribution in [2.24, 2.45) is 0 Å². The van der Waals surface area contributed by atoms with Crippen LogP contribution in [-0.4, -0.2) is 21.0 Å². The molecule has 2 N–H and O–H groups in total. The number of aromatic hydroxyl groups is 1. The van der Waals surface area contributed by atoms with Crippen LogP contribution in [0.3, 0.4) is 0 Å². The molecule has 3 aromatic rings. The quantitative estimate of drug-likeness (QED) is 0.756. The lowest BCUT2D eigenvalue weighted by Gasteiger charge is -2.10. The zero-order valence-corrected chi connectivity index (χ0v) is 11.4. The summed E-state index contributed by atoms with van der Waals surface area (Å²) in [7, 11) is 0. The molecule has 2 aromatic carbocycles. The molecule has 0 fully saturated rings. The molecular formula is C16H13N3O2. The van der Waals surface area contributed by atoms with Gasteiger partial charge in [0.25, 0.3) is 5.91 Å². The maximum atomic E-state index is 12.4. The van der Waals surface area contributed by atoms with Crippen molar-refractivity contribution in [3.63, 3.8) is 0 Å². The molecule has 0 atom stereocenters. The topological polar surface area (TPSA) is 75.1 Å². The molecule has 0 aliphatic rings. The SMILES string of the molecule is Cc1c(O)cccc1NC(=O)c1cccc2nccnc12. The highest BCUT2D eigenvalue weighted by molar-refractivity contribution is 6.11. The fourth-order valence-electron chi connectivity index (χ4n) is 2.12. The largest absolute Gasteiger partial charge is 0.508 e. The smallest absolute Gasteiger partial charge is 0.257 e. The highest BCUT2D eigenvalue weighted by Crippen LogP contribution is 2.25. The van der Waals surface area contributed by atoms with Gasteiger partial charge >= 0.3 is 0 Å². The fourth-order valence-corrected chi connectivity index (χ4v) is 2.12. The molecule has 5 nitrogen and oxygen atoms in total. The van der Waals surface area contributed by atoms with Gasteiger partial charge in [-0.05, 0) is 31.2 Å². The summed E-state index contributed by atoms with van der Waals surface area (Å²) in [4.78, 5) is 20.8. The zero-order chi connectivity index (χ0) is 14.8. The van der Waals surface area contributed by atoms with E-state index in [9.17, 15) is 9.90 Å². The molecule has 0 spiro atoms. The van der Waals surface area contributed by atoms with Crippen molar-refractivity contribution in [1.29, 1.82) is 0 Å². The minimum atomic E-state index is -0.283. The van der Waals surface area contributed by atoms with Crippen LogP contribution in [-0.2, 0) is 0 Å². The van der Waals surface area contributed by atoms with E-state index in [0.717, 1.165) is 0 Å². The number of benzene rings is 2. The maximum Gasteiger partial charge on any atom is 0.257 e. The minimum absolute atomic E-state index is 0.144. The van der Waals surface area contributed by atoms with Gasteiger partial charge in [0.05, 0.1) is 11.1 Å². The van der Waals surface area contributed by atoms with Crippen molar-refractivity contribution < 1.29 is 9.90 Å². The van der Waals surface area contributed by atoms with Crippen LogP contribution in [0.25, 0.3) is 11.0 Å². The average molecular weight is 279 g/mol. The van der Waals surface area contributed by atoms with Crippen LogP contribution in [0.1, 0.15) is 15.9 Å². The molecule has 0 aliphatic carbocycles. The van der Waals surface area contributed by atoms with Crippen molar-refractivity contribution in [1.82, 2.24) is 9.97 Å². The number of hydrogen-bond acceptors (Lipinski definition) is 4. The molecule has 0 saturated carbocycles. The Bertz CT molecular complexity index is 825. The third-order valence-corrected chi connectivity index (χ3v) is 3.30. The molecule has 0 bridgehead atoms. The number of amides is 1. The van der Waals surface area contributed by atoms with Crippen molar-refractivity contribution in [3.05, 3.63) is 59.9 Å². The number of fused-ring (bicyclic) bond motifs is 1. The van der Waals surface area contributed by atoms with Gasteiger partial charge in [-0.3, -0.25) is 14.8 Å². The van der Waals surface area contributed by atoms with Crippen molar-refractivity contribution in [2.75, 3.05) is 5.32 Å². The Morgan fingerprint density at radius 3 is 2.71 bits per heavy atom. The van der Waals surface area contributed by atoms with Crippen LogP contribution >= 0.6 is 0 Å². The van der Waals surface area contributed by atoms with E-state index in [-0.39, 0.29) is 11.7 Å². The lowest BCUT2D eigenvalue weighted by Crippen LogP contribution is -2.13. The van der Waals surface area contributed by atoms with E-state index in [4.69, 9.17) is 0 Å². The molecular weight excluding hydrogens is 266 g/mol. The number of rotatable bonds is 2. The van der Waals surface area contributed by atoms with E-state index in [0.29, 0.717) is 27.8 Å². The predicted octanol–water partition coefficient (Wildman–Crippen LogP) is 2.90. The number of para-hydroxylation sites is 1. The lowest BCUT2D eigenvalue weighted by atomic mass is 10.1. The molecule has 1 aromatic heterocycles. The first-order chi connectivity index (χ1) is 10.2. The highest BCUT2D eigenvalue weighted by Gasteiger charge is 2.13. The molecule has 0 unspecified atom stereocenters. The summed E-state index contributed by atoms with van der Waals surface area (Å²) in [6, 6.07) is 10.3. The van der Waals surface area contributed by atoms with E-state index in [1.165, 1.54) is 0 Å². The number of nitrogens with zero attached hydrogens (tertiary/aromatic N) is 2. The second-order valence-electron chi connectivity index (χ2n) is 4.63. The molecule has 21 heavy (non-hydrogen) atoms. The van der Waals surface area contributed by atoms with E-state index >= 15 is 0 Å². The molecule has 3 rings (SSSR count). The average Bonchev–Trinajstić information content (AvgIpc) is 2.51. The first-order valence-corrected chi connectivity index (χ1v) is 6.46. The molecule has 1 heterocycles. The van der Waals surface area contributed by atoms with Crippen molar-refractivity contribution in [3.8, 4) is 5.75 Å². The number of phenols is 1. The third-order valence-electron chi connectivity index (χ3n) is 3.30. The summed E-state index contributed by atoms with van der Waals surface area (Å²) in [5, 5.41) is 12.5. The Morgan fingerprint density at radius 2 is 1.86 bits per heavy atom. The molecule has 0 aliphatic heterocycles. The number of phenolic OH excluding ortho intramolecular Hbond substituents is 1. The van der Waals surface area contributed by atoms with Gasteiger partial charge in [-0.1, -0.05) is 12.1 Å². The van der Waals surface area contributed by atoms with E-state index in [2.05, 4.69) is 15.3 Å². The number of aromatic nitrogens is 2. The Labute approximate surface area is 121 Å². The first-order valence-electron chi connectivity index (χ1n) is 6.46. The van der Waals surface area contributed by atoms with Crippen LogP contribution in [0.2, 0.25) is 0 Å². The van der Waals surface area contributed by atoms with Gasteiger partial charge in [-0.25, -0.2) is 0 Å². The van der Waals surface area contributed by atoms with E-state index in [1.54, 1.807) is 55.7 Å². The number of carbonyl (C=O) groups is 1. The monoisotopic (exact) mass is 279 g/mol. The minimum Gasteiger partial charge on any atom is -0.508 e. The molecule has 5 heteroatoms. The second-order valence-corrected chi connectivity index (χ2v) is 4.63. The zero-order valence-electron chi connectivity index (χ0n) is 11.4. The second kappa shape index (κ2) is 5.20. The molecule has 0 saturated heterocycles. The molecule has 104 valence electrons. The standard InChI is InChI=1S/C16H13N3O2/c1-10-12(5-3-7-14(10)20)19-16(21)11-4-2-6-13-15(11)18-9-8-17-13/h2-9,20H,1H3,(H,19,21). The van der Waals surface area contributed by atoms with Crippen LogP contribution in [0.5, 0.6) is 5.75 Å². The number of carbonyl (C=O) groups excluding carboxylic acids is 1. The van der Waals surface area contributed by atoms with Crippen LogP contribution in [0.15, 0.2) is 48.8 Å². The number of hydrogen-bond donors (Lipinski definition) is 2. The van der Waals surface area contributed by atoms with Crippen LogP contribution in [0.4, 0.5) is 5.69 Å². The number of nitrogens with one attached hydrogen (secondary N) is 1. The van der Waals surface area contributed by atoms with E-state index in [1.807, 2.05) is 0 Å². The Morgan fingerprint density at radius 1 is 1.10 bits per heavy atom. The fraction of sp³-hybridized carbons (Fsp3) is 0.0625. The van der Waals surface area contributed by atoms with Gasteiger partial charge in [0.15, 0.2) is 0 Å². The van der Waals surface area contributed by atoms with Crippen LogP contribution in [0, 0.1) is 6.92 Å². The van der Waals surface area contributed by atoms with Gasteiger partial charge < -0.3 is 10.4 Å². The Kier molecular flexibility index (Phi) is 3.23. The summed E-state index contributed by atoms with van der Waals surface area (Å²) >= 11 is 0. The summed E-state index contributed by atoms with van der Waals surface area (Å²) in [5.41, 5.74) is 2.86. The summed E-state index contributed by atoms with van der Waals surface area (Å²) < 4.78 is 0. The van der Waals surface area contributed by atoms with Gasteiger partial charge in [0.2, 0.25) is 0 Å². The predicted molar refractivity (Wildman–Crippen MR) is 80.3 cm³/mol. The number of anilines is 1. The first kappa shape index (κ1) is 13.1. The van der Waals surface area contributed by atoms with Crippen molar-refractivity contribution >= 4 is 22.6 Å².